The van der Waals surface area contributed by atoms with Crippen molar-refractivity contribution in [3.05, 3.63) is 23.3 Å². The lowest BCUT2D eigenvalue weighted by Gasteiger charge is -1.98. The molecule has 0 N–H and O–H groups in total. The summed E-state index contributed by atoms with van der Waals surface area (Å²) in [5.74, 6) is -0.303. The van der Waals surface area contributed by atoms with Gasteiger partial charge in [-0.15, -0.1) is 0 Å². The minimum Gasteiger partial charge on any atom is -0.454 e. The first kappa shape index (κ1) is 8.34. The van der Waals surface area contributed by atoms with Crippen molar-refractivity contribution in [2.45, 2.75) is 19.4 Å². The number of allylic oxidation sites excluding steroid dienone is 1. The van der Waals surface area contributed by atoms with Crippen molar-refractivity contribution in [1.82, 2.24) is 0 Å². The maximum absolute atomic E-state index is 10.9. The molecule has 2 nitrogen and oxygen atoms in total. The van der Waals surface area contributed by atoms with Crippen LogP contribution >= 0.6 is 11.6 Å². The molecule has 1 aliphatic rings. The van der Waals surface area contributed by atoms with Gasteiger partial charge in [-0.2, -0.15) is 0 Å². The molecule has 0 saturated carbocycles. The molecule has 0 spiro atoms. The number of carbonyl (C=O) groups excluding carboxylic acids is 1. The van der Waals surface area contributed by atoms with Gasteiger partial charge in [-0.05, 0) is 13.0 Å². The summed E-state index contributed by atoms with van der Waals surface area (Å²) in [6.45, 7) is 1.89. The molecular weight excluding hydrogens is 164 g/mol. The Kier molecular flexibility index (Phi) is 2.71. The topological polar surface area (TPSA) is 26.3 Å². The SMILES string of the molecule is C/C=C/C1C/C(=C/Cl)C(=O)O1. The predicted octanol–water partition coefficient (Wildman–Crippen LogP) is 2.00. The van der Waals surface area contributed by atoms with Gasteiger partial charge in [0.05, 0.1) is 5.57 Å². The third-order valence-corrected chi connectivity index (χ3v) is 1.74. The van der Waals surface area contributed by atoms with E-state index in [2.05, 4.69) is 0 Å². The molecule has 1 rings (SSSR count). The molecule has 1 atom stereocenters. The van der Waals surface area contributed by atoms with Gasteiger partial charge in [0.2, 0.25) is 0 Å². The molecule has 1 aliphatic heterocycles. The minimum absolute atomic E-state index is 0.113. The maximum atomic E-state index is 10.9. The van der Waals surface area contributed by atoms with Crippen molar-refractivity contribution in [2.75, 3.05) is 0 Å². The van der Waals surface area contributed by atoms with Crippen molar-refractivity contribution >= 4 is 17.6 Å². The normalized spacial score (nSPS) is 28.4. The van der Waals surface area contributed by atoms with Crippen LogP contribution in [0.4, 0.5) is 0 Å². The fourth-order valence-corrected chi connectivity index (χ4v) is 1.14. The van der Waals surface area contributed by atoms with Gasteiger partial charge in [-0.1, -0.05) is 17.7 Å². The Morgan fingerprint density at radius 3 is 2.91 bits per heavy atom. The van der Waals surface area contributed by atoms with Crippen molar-refractivity contribution in [3.63, 3.8) is 0 Å². The van der Waals surface area contributed by atoms with Crippen LogP contribution in [0.3, 0.4) is 0 Å². The van der Waals surface area contributed by atoms with Crippen LogP contribution in [0.5, 0.6) is 0 Å². The molecule has 0 amide bonds. The number of hydrogen-bond donors (Lipinski definition) is 0. The van der Waals surface area contributed by atoms with Crippen LogP contribution in [0, 0.1) is 0 Å². The summed E-state index contributed by atoms with van der Waals surface area (Å²) in [6, 6.07) is 0. The second-order valence-electron chi connectivity index (χ2n) is 2.31. The summed E-state index contributed by atoms with van der Waals surface area (Å²) >= 11 is 5.38. The largest absolute Gasteiger partial charge is 0.454 e. The van der Waals surface area contributed by atoms with Crippen LogP contribution < -0.4 is 0 Å². The third kappa shape index (κ3) is 1.84. The molecule has 3 heteroatoms. The summed E-state index contributed by atoms with van der Waals surface area (Å²) < 4.78 is 4.93. The van der Waals surface area contributed by atoms with Crippen LogP contribution in [0.25, 0.3) is 0 Å². The van der Waals surface area contributed by atoms with Crippen LogP contribution in [-0.4, -0.2) is 12.1 Å². The Hall–Kier alpha value is -0.760. The van der Waals surface area contributed by atoms with Crippen molar-refractivity contribution in [1.29, 1.82) is 0 Å². The van der Waals surface area contributed by atoms with E-state index < -0.39 is 0 Å². The van der Waals surface area contributed by atoms with Crippen molar-refractivity contribution in [3.8, 4) is 0 Å². The quantitative estimate of drug-likeness (QED) is 0.344. The van der Waals surface area contributed by atoms with E-state index in [9.17, 15) is 4.79 Å². The highest BCUT2D eigenvalue weighted by atomic mass is 35.5. The van der Waals surface area contributed by atoms with Gasteiger partial charge in [-0.25, -0.2) is 4.79 Å². The van der Waals surface area contributed by atoms with Crippen molar-refractivity contribution < 1.29 is 9.53 Å². The number of esters is 1. The van der Waals surface area contributed by atoms with Crippen LogP contribution in [-0.2, 0) is 9.53 Å². The molecule has 11 heavy (non-hydrogen) atoms. The van der Waals surface area contributed by atoms with Gasteiger partial charge in [0.15, 0.2) is 0 Å². The number of ether oxygens (including phenoxy) is 1. The second-order valence-corrected chi connectivity index (χ2v) is 2.53. The Morgan fingerprint density at radius 1 is 1.73 bits per heavy atom. The van der Waals surface area contributed by atoms with Gasteiger partial charge in [-0.3, -0.25) is 0 Å². The number of rotatable bonds is 1. The molecule has 0 aromatic heterocycles. The van der Waals surface area contributed by atoms with Crippen LogP contribution in [0.1, 0.15) is 13.3 Å². The maximum Gasteiger partial charge on any atom is 0.335 e. The average molecular weight is 173 g/mol. The van der Waals surface area contributed by atoms with E-state index in [0.717, 1.165) is 0 Å². The van der Waals surface area contributed by atoms with Gasteiger partial charge >= 0.3 is 5.97 Å². The highest BCUT2D eigenvalue weighted by Crippen LogP contribution is 2.21. The van der Waals surface area contributed by atoms with Crippen LogP contribution in [0.2, 0.25) is 0 Å². The molecule has 1 unspecified atom stereocenters. The number of halogens is 1. The Balaban J connectivity index is 2.64. The van der Waals surface area contributed by atoms with Gasteiger partial charge in [0.1, 0.15) is 6.10 Å². The van der Waals surface area contributed by atoms with Crippen LogP contribution in [0.15, 0.2) is 23.3 Å². The molecule has 1 saturated heterocycles. The van der Waals surface area contributed by atoms with Gasteiger partial charge < -0.3 is 4.74 Å². The van der Waals surface area contributed by atoms with E-state index in [0.29, 0.717) is 12.0 Å². The monoisotopic (exact) mass is 172 g/mol. The fourth-order valence-electron chi connectivity index (χ4n) is 0.966. The summed E-state index contributed by atoms with van der Waals surface area (Å²) in [5, 5.41) is 0. The van der Waals surface area contributed by atoms with Crippen molar-refractivity contribution in [2.24, 2.45) is 0 Å². The average Bonchev–Trinajstić information content (AvgIpc) is 2.32. The standard InChI is InChI=1S/C8H9ClO2/c1-2-3-7-4-6(5-9)8(10)11-7/h2-3,5,7H,4H2,1H3/b3-2+,6-5-. The smallest absolute Gasteiger partial charge is 0.335 e. The molecule has 0 aromatic rings. The first-order valence-corrected chi connectivity index (χ1v) is 3.84. The number of hydrogen-bond acceptors (Lipinski definition) is 2. The summed E-state index contributed by atoms with van der Waals surface area (Å²) in [7, 11) is 0. The lowest BCUT2D eigenvalue weighted by Crippen LogP contribution is -2.01. The van der Waals surface area contributed by atoms with E-state index in [1.54, 1.807) is 0 Å². The zero-order chi connectivity index (χ0) is 8.27. The molecule has 0 aromatic carbocycles. The minimum atomic E-state index is -0.303. The number of cyclic esters (lactones) is 1. The highest BCUT2D eigenvalue weighted by molar-refractivity contribution is 6.27. The zero-order valence-electron chi connectivity index (χ0n) is 6.21. The fraction of sp³-hybridized carbons (Fsp3) is 0.375. The molecule has 1 heterocycles. The van der Waals surface area contributed by atoms with Gasteiger partial charge in [0, 0.05) is 12.0 Å². The molecule has 0 aliphatic carbocycles. The summed E-state index contributed by atoms with van der Waals surface area (Å²) in [5.41, 5.74) is 1.83. The van der Waals surface area contributed by atoms with E-state index in [4.69, 9.17) is 16.3 Å². The Bertz CT molecular complexity index is 218. The first-order chi connectivity index (χ1) is 5.27. The molecular formula is C8H9ClO2. The Labute approximate surface area is 70.5 Å². The van der Waals surface area contributed by atoms with E-state index in [1.807, 2.05) is 19.1 Å². The molecule has 0 bridgehead atoms. The first-order valence-electron chi connectivity index (χ1n) is 3.41. The Morgan fingerprint density at radius 2 is 2.45 bits per heavy atom. The molecule has 60 valence electrons. The molecule has 0 radical (unpaired) electrons. The predicted molar refractivity (Wildman–Crippen MR) is 43.2 cm³/mol. The van der Waals surface area contributed by atoms with E-state index >= 15 is 0 Å². The molecule has 1 fully saturated rings. The lowest BCUT2D eigenvalue weighted by atomic mass is 10.2. The van der Waals surface area contributed by atoms with E-state index in [1.165, 1.54) is 5.54 Å². The second kappa shape index (κ2) is 3.58. The number of carbonyl (C=O) groups is 1. The van der Waals surface area contributed by atoms with Gasteiger partial charge in [0.25, 0.3) is 0 Å². The highest BCUT2D eigenvalue weighted by Gasteiger charge is 2.26. The van der Waals surface area contributed by atoms with E-state index in [-0.39, 0.29) is 12.1 Å². The lowest BCUT2D eigenvalue weighted by molar-refractivity contribution is -0.137. The third-order valence-electron chi connectivity index (χ3n) is 1.48. The zero-order valence-corrected chi connectivity index (χ0v) is 6.97. The summed E-state index contributed by atoms with van der Waals surface area (Å²) in [4.78, 5) is 10.9. The summed E-state index contributed by atoms with van der Waals surface area (Å²) in [6.07, 6.45) is 4.17.